The molecule has 0 saturated carbocycles. The van der Waals surface area contributed by atoms with E-state index in [1.807, 2.05) is 48.7 Å². The van der Waals surface area contributed by atoms with Crippen molar-refractivity contribution in [3.63, 3.8) is 0 Å². The molecule has 1 aliphatic rings. The van der Waals surface area contributed by atoms with E-state index in [1.54, 1.807) is 7.11 Å². The van der Waals surface area contributed by atoms with Gasteiger partial charge in [0.2, 0.25) is 0 Å². The Morgan fingerprint density at radius 1 is 1.00 bits per heavy atom. The van der Waals surface area contributed by atoms with Crippen molar-refractivity contribution in [2.75, 3.05) is 20.3 Å². The van der Waals surface area contributed by atoms with Crippen molar-refractivity contribution in [2.24, 2.45) is 5.92 Å². The first-order valence-electron chi connectivity index (χ1n) is 7.51. The number of rotatable bonds is 5. The van der Waals surface area contributed by atoms with E-state index in [0.717, 1.165) is 24.5 Å². The van der Waals surface area contributed by atoms with E-state index < -0.39 is 0 Å². The Kier molecular flexibility index (Phi) is 4.64. The third-order valence-corrected chi connectivity index (χ3v) is 3.85. The molecule has 0 aliphatic carbocycles. The standard InChI is InChI=1S/C19H20O3/c1-20-17-7-9-18(10-8-17)22-13-16-11-12-21-14-19(16)15-5-3-2-4-6-15/h2-10,14,16H,11-13H2,1H3/t16-/m0/s1. The predicted octanol–water partition coefficient (Wildman–Crippen LogP) is 4.15. The first-order chi connectivity index (χ1) is 10.9. The molecule has 0 fully saturated rings. The normalized spacial score (nSPS) is 17.3. The second kappa shape index (κ2) is 7.03. The van der Waals surface area contributed by atoms with Gasteiger partial charge < -0.3 is 14.2 Å². The summed E-state index contributed by atoms with van der Waals surface area (Å²) in [6, 6.07) is 18.0. The lowest BCUT2D eigenvalue weighted by molar-refractivity contribution is 0.184. The van der Waals surface area contributed by atoms with Gasteiger partial charge in [0.25, 0.3) is 0 Å². The van der Waals surface area contributed by atoms with Gasteiger partial charge >= 0.3 is 0 Å². The SMILES string of the molecule is COc1ccc(OC[C@@H]2CCOC=C2c2ccccc2)cc1. The van der Waals surface area contributed by atoms with Gasteiger partial charge in [-0.1, -0.05) is 30.3 Å². The van der Waals surface area contributed by atoms with E-state index >= 15 is 0 Å². The minimum atomic E-state index is 0.346. The fraction of sp³-hybridized carbons (Fsp3) is 0.263. The average molecular weight is 296 g/mol. The summed E-state index contributed by atoms with van der Waals surface area (Å²) < 4.78 is 16.6. The minimum absolute atomic E-state index is 0.346. The Morgan fingerprint density at radius 3 is 2.45 bits per heavy atom. The lowest BCUT2D eigenvalue weighted by Crippen LogP contribution is -2.19. The Balaban J connectivity index is 1.67. The highest BCUT2D eigenvalue weighted by Crippen LogP contribution is 2.30. The summed E-state index contributed by atoms with van der Waals surface area (Å²) in [5.41, 5.74) is 2.41. The molecule has 3 rings (SSSR count). The molecule has 0 radical (unpaired) electrons. The molecule has 0 aromatic heterocycles. The molecule has 0 N–H and O–H groups in total. The van der Waals surface area contributed by atoms with Crippen LogP contribution in [-0.2, 0) is 4.74 Å². The first kappa shape index (κ1) is 14.5. The number of ether oxygens (including phenoxy) is 3. The van der Waals surface area contributed by atoms with Crippen LogP contribution in [-0.4, -0.2) is 20.3 Å². The molecule has 1 atom stereocenters. The van der Waals surface area contributed by atoms with Gasteiger partial charge in [-0.2, -0.15) is 0 Å². The van der Waals surface area contributed by atoms with Crippen LogP contribution in [0.3, 0.4) is 0 Å². The molecule has 0 amide bonds. The van der Waals surface area contributed by atoms with Crippen molar-refractivity contribution < 1.29 is 14.2 Å². The van der Waals surface area contributed by atoms with Crippen LogP contribution in [0.5, 0.6) is 11.5 Å². The number of hydrogen-bond acceptors (Lipinski definition) is 3. The molecule has 2 aromatic rings. The third kappa shape index (κ3) is 3.42. The second-order valence-corrected chi connectivity index (χ2v) is 5.28. The fourth-order valence-electron chi connectivity index (χ4n) is 2.59. The van der Waals surface area contributed by atoms with Gasteiger partial charge in [-0.3, -0.25) is 0 Å². The zero-order valence-corrected chi connectivity index (χ0v) is 12.7. The van der Waals surface area contributed by atoms with E-state index in [0.29, 0.717) is 12.5 Å². The molecule has 0 saturated heterocycles. The van der Waals surface area contributed by atoms with Gasteiger partial charge in [-0.05, 0) is 36.2 Å². The Hall–Kier alpha value is -2.42. The van der Waals surface area contributed by atoms with Gasteiger partial charge in [-0.15, -0.1) is 0 Å². The number of methoxy groups -OCH3 is 1. The summed E-state index contributed by atoms with van der Waals surface area (Å²) in [5, 5.41) is 0. The fourth-order valence-corrected chi connectivity index (χ4v) is 2.59. The molecule has 1 heterocycles. The number of benzene rings is 2. The van der Waals surface area contributed by atoms with Gasteiger partial charge in [0, 0.05) is 11.5 Å². The van der Waals surface area contributed by atoms with Crippen LogP contribution in [0.2, 0.25) is 0 Å². The molecule has 3 heteroatoms. The third-order valence-electron chi connectivity index (χ3n) is 3.85. The van der Waals surface area contributed by atoms with Crippen molar-refractivity contribution in [1.82, 2.24) is 0 Å². The average Bonchev–Trinajstić information content (AvgIpc) is 2.61. The molecule has 1 aliphatic heterocycles. The molecule has 2 aromatic carbocycles. The molecule has 3 nitrogen and oxygen atoms in total. The van der Waals surface area contributed by atoms with Gasteiger partial charge in [0.15, 0.2) is 0 Å². The zero-order valence-electron chi connectivity index (χ0n) is 12.7. The Morgan fingerprint density at radius 2 is 1.73 bits per heavy atom. The summed E-state index contributed by atoms with van der Waals surface area (Å²) >= 11 is 0. The van der Waals surface area contributed by atoms with Crippen molar-refractivity contribution in [2.45, 2.75) is 6.42 Å². The molecule has 0 spiro atoms. The van der Waals surface area contributed by atoms with Crippen molar-refractivity contribution in [3.8, 4) is 11.5 Å². The molecule has 0 unspecified atom stereocenters. The highest BCUT2D eigenvalue weighted by atomic mass is 16.5. The van der Waals surface area contributed by atoms with Crippen LogP contribution in [0.1, 0.15) is 12.0 Å². The lowest BCUT2D eigenvalue weighted by Gasteiger charge is -2.25. The highest BCUT2D eigenvalue weighted by molar-refractivity contribution is 5.67. The van der Waals surface area contributed by atoms with E-state index in [4.69, 9.17) is 14.2 Å². The number of hydrogen-bond donors (Lipinski definition) is 0. The van der Waals surface area contributed by atoms with Crippen LogP contribution < -0.4 is 9.47 Å². The van der Waals surface area contributed by atoms with Crippen LogP contribution in [0, 0.1) is 5.92 Å². The largest absolute Gasteiger partial charge is 0.501 e. The van der Waals surface area contributed by atoms with Crippen LogP contribution in [0.4, 0.5) is 0 Å². The molecular formula is C19H20O3. The van der Waals surface area contributed by atoms with E-state index in [1.165, 1.54) is 11.1 Å². The summed E-state index contributed by atoms with van der Waals surface area (Å²) in [7, 11) is 1.66. The summed E-state index contributed by atoms with van der Waals surface area (Å²) in [6.07, 6.45) is 2.85. The second-order valence-electron chi connectivity index (χ2n) is 5.28. The van der Waals surface area contributed by atoms with E-state index in [9.17, 15) is 0 Å². The molecule has 22 heavy (non-hydrogen) atoms. The Labute approximate surface area is 131 Å². The van der Waals surface area contributed by atoms with Crippen molar-refractivity contribution >= 4 is 5.57 Å². The van der Waals surface area contributed by atoms with Crippen LogP contribution in [0.15, 0.2) is 60.9 Å². The van der Waals surface area contributed by atoms with Crippen molar-refractivity contribution in [3.05, 3.63) is 66.4 Å². The predicted molar refractivity (Wildman–Crippen MR) is 87.0 cm³/mol. The molecule has 0 bridgehead atoms. The maximum Gasteiger partial charge on any atom is 0.119 e. The highest BCUT2D eigenvalue weighted by Gasteiger charge is 2.21. The first-order valence-corrected chi connectivity index (χ1v) is 7.51. The lowest BCUT2D eigenvalue weighted by atomic mass is 9.90. The van der Waals surface area contributed by atoms with Gasteiger partial charge in [-0.25, -0.2) is 0 Å². The van der Waals surface area contributed by atoms with E-state index in [2.05, 4.69) is 12.1 Å². The van der Waals surface area contributed by atoms with Crippen LogP contribution >= 0.6 is 0 Å². The maximum atomic E-state index is 5.94. The van der Waals surface area contributed by atoms with Crippen LogP contribution in [0.25, 0.3) is 5.57 Å². The quantitative estimate of drug-likeness (QED) is 0.829. The Bertz CT molecular complexity index is 617. The molecule has 114 valence electrons. The van der Waals surface area contributed by atoms with Crippen molar-refractivity contribution in [1.29, 1.82) is 0 Å². The minimum Gasteiger partial charge on any atom is -0.501 e. The van der Waals surface area contributed by atoms with E-state index in [-0.39, 0.29) is 0 Å². The summed E-state index contributed by atoms with van der Waals surface area (Å²) in [5.74, 6) is 2.04. The summed E-state index contributed by atoms with van der Waals surface area (Å²) in [4.78, 5) is 0. The maximum absolute atomic E-state index is 5.94. The summed E-state index contributed by atoms with van der Waals surface area (Å²) in [6.45, 7) is 1.39. The van der Waals surface area contributed by atoms with Gasteiger partial charge in [0.1, 0.15) is 11.5 Å². The topological polar surface area (TPSA) is 27.7 Å². The zero-order chi connectivity index (χ0) is 15.2. The molecular weight excluding hydrogens is 276 g/mol. The smallest absolute Gasteiger partial charge is 0.119 e. The van der Waals surface area contributed by atoms with Gasteiger partial charge in [0.05, 0.1) is 26.6 Å². The monoisotopic (exact) mass is 296 g/mol.